The van der Waals surface area contributed by atoms with E-state index in [9.17, 15) is 20.0 Å². The van der Waals surface area contributed by atoms with Crippen molar-refractivity contribution >= 4 is 40.5 Å². The van der Waals surface area contributed by atoms with Gasteiger partial charge in [0, 0.05) is 23.6 Å². The summed E-state index contributed by atoms with van der Waals surface area (Å²) in [4.78, 5) is 22.7. The average molecular weight is 435 g/mol. The van der Waals surface area contributed by atoms with E-state index in [1.54, 1.807) is 6.07 Å². The Morgan fingerprint density at radius 2 is 1.86 bits per heavy atom. The highest BCUT2D eigenvalue weighted by molar-refractivity contribution is 6.35. The summed E-state index contributed by atoms with van der Waals surface area (Å²) in [5.41, 5.74) is 0.321. The topological polar surface area (TPSA) is 106 Å². The van der Waals surface area contributed by atoms with Gasteiger partial charge in [0.1, 0.15) is 17.3 Å². The third-order valence-electron chi connectivity index (χ3n) is 4.20. The van der Waals surface area contributed by atoms with Crippen LogP contribution in [0.1, 0.15) is 35.9 Å². The molecule has 0 saturated carbocycles. The monoisotopic (exact) mass is 434 g/mol. The zero-order chi connectivity index (χ0) is 21.3. The van der Waals surface area contributed by atoms with Gasteiger partial charge in [-0.1, -0.05) is 37.0 Å². The Balaban J connectivity index is 1.88. The van der Waals surface area contributed by atoms with E-state index in [4.69, 9.17) is 27.6 Å². The maximum atomic E-state index is 12.6. The number of halogens is 2. The molecule has 0 aliphatic rings. The molecule has 0 aliphatic carbocycles. The SMILES string of the molecule is CC(C)c1ccc(-c2cc(O)c(C(=O)Nc3ccc([N+](=O)[O-])cc3Cl)cc2Cl)o1. The number of nitro benzene ring substituents is 1. The molecule has 0 unspecified atom stereocenters. The summed E-state index contributed by atoms with van der Waals surface area (Å²) in [6, 6.07) is 9.87. The van der Waals surface area contributed by atoms with Gasteiger partial charge in [0.05, 0.1) is 26.2 Å². The van der Waals surface area contributed by atoms with Gasteiger partial charge >= 0.3 is 0 Å². The van der Waals surface area contributed by atoms with Crippen molar-refractivity contribution in [3.63, 3.8) is 0 Å². The molecule has 0 bridgehead atoms. The maximum absolute atomic E-state index is 12.6. The number of hydrogen-bond acceptors (Lipinski definition) is 5. The first-order valence-corrected chi connectivity index (χ1v) is 9.31. The number of amides is 1. The van der Waals surface area contributed by atoms with Crippen LogP contribution in [0.5, 0.6) is 5.75 Å². The number of furan rings is 1. The molecular weight excluding hydrogens is 419 g/mol. The number of hydrogen-bond donors (Lipinski definition) is 2. The summed E-state index contributed by atoms with van der Waals surface area (Å²) in [5.74, 6) is 0.452. The fourth-order valence-corrected chi connectivity index (χ4v) is 3.13. The Labute approximate surface area is 176 Å². The predicted octanol–water partition coefficient (Wildman–Crippen LogP) is 6.24. The molecule has 1 heterocycles. The molecule has 150 valence electrons. The average Bonchev–Trinajstić information content (AvgIpc) is 3.15. The van der Waals surface area contributed by atoms with Crippen LogP contribution in [0.15, 0.2) is 46.9 Å². The largest absolute Gasteiger partial charge is 0.507 e. The second-order valence-corrected chi connectivity index (χ2v) is 7.40. The minimum atomic E-state index is -0.672. The van der Waals surface area contributed by atoms with Crippen LogP contribution in [0.25, 0.3) is 11.3 Å². The number of aromatic hydroxyl groups is 1. The number of carbonyl (C=O) groups is 1. The van der Waals surface area contributed by atoms with Crippen molar-refractivity contribution in [3.8, 4) is 17.1 Å². The number of nitrogens with zero attached hydrogens (tertiary/aromatic N) is 1. The molecule has 29 heavy (non-hydrogen) atoms. The quantitative estimate of drug-likeness (QED) is 0.364. The Morgan fingerprint density at radius 1 is 1.14 bits per heavy atom. The van der Waals surface area contributed by atoms with Crippen LogP contribution in [-0.2, 0) is 0 Å². The lowest BCUT2D eigenvalue weighted by Gasteiger charge is -2.11. The Bertz CT molecular complexity index is 1110. The summed E-state index contributed by atoms with van der Waals surface area (Å²) in [6.07, 6.45) is 0. The van der Waals surface area contributed by atoms with Crippen molar-refractivity contribution in [2.24, 2.45) is 0 Å². The van der Waals surface area contributed by atoms with E-state index >= 15 is 0 Å². The lowest BCUT2D eigenvalue weighted by Crippen LogP contribution is -2.12. The highest BCUT2D eigenvalue weighted by atomic mass is 35.5. The van der Waals surface area contributed by atoms with Crippen LogP contribution in [0.3, 0.4) is 0 Å². The van der Waals surface area contributed by atoms with Gasteiger partial charge in [-0.3, -0.25) is 14.9 Å². The molecule has 1 aromatic heterocycles. The Kier molecular flexibility index (Phi) is 5.81. The van der Waals surface area contributed by atoms with Crippen molar-refractivity contribution in [1.82, 2.24) is 0 Å². The van der Waals surface area contributed by atoms with E-state index < -0.39 is 10.8 Å². The number of benzene rings is 2. The molecule has 0 atom stereocenters. The van der Waals surface area contributed by atoms with E-state index in [0.29, 0.717) is 11.3 Å². The number of phenolic OH excluding ortho intramolecular Hbond substituents is 1. The van der Waals surface area contributed by atoms with Crippen molar-refractivity contribution in [3.05, 3.63) is 73.9 Å². The van der Waals surface area contributed by atoms with Gasteiger partial charge in [0.25, 0.3) is 11.6 Å². The van der Waals surface area contributed by atoms with E-state index in [1.165, 1.54) is 24.3 Å². The van der Waals surface area contributed by atoms with E-state index in [1.807, 2.05) is 19.9 Å². The number of anilines is 1. The van der Waals surface area contributed by atoms with Gasteiger partial charge in [-0.05, 0) is 30.3 Å². The lowest BCUT2D eigenvalue weighted by atomic mass is 10.1. The van der Waals surface area contributed by atoms with Gasteiger partial charge in [-0.15, -0.1) is 0 Å². The maximum Gasteiger partial charge on any atom is 0.271 e. The number of phenols is 1. The first-order valence-electron chi connectivity index (χ1n) is 8.55. The van der Waals surface area contributed by atoms with Gasteiger partial charge in [0.2, 0.25) is 0 Å². The molecule has 3 aromatic rings. The fraction of sp³-hybridized carbons (Fsp3) is 0.150. The van der Waals surface area contributed by atoms with Crippen molar-refractivity contribution in [1.29, 1.82) is 0 Å². The number of carbonyl (C=O) groups excluding carboxylic acids is 1. The second kappa shape index (κ2) is 8.14. The minimum Gasteiger partial charge on any atom is -0.507 e. The number of nitro groups is 1. The minimum absolute atomic E-state index is 0.00782. The second-order valence-electron chi connectivity index (χ2n) is 6.58. The number of nitrogens with one attached hydrogen (secondary N) is 1. The third kappa shape index (κ3) is 4.36. The van der Waals surface area contributed by atoms with Gasteiger partial charge in [-0.2, -0.15) is 0 Å². The standard InChI is InChI=1S/C20H16Cl2N2O5/c1-10(2)18-5-6-19(29-18)12-9-17(25)13(8-14(12)21)20(26)23-16-4-3-11(24(27)28)7-15(16)22/h3-10,25H,1-2H3,(H,23,26). The van der Waals surface area contributed by atoms with Crippen LogP contribution >= 0.6 is 23.2 Å². The summed E-state index contributed by atoms with van der Waals surface area (Å²) >= 11 is 12.3. The molecule has 3 rings (SSSR count). The molecular formula is C20H16Cl2N2O5. The van der Waals surface area contributed by atoms with Crippen LogP contribution in [0, 0.1) is 10.1 Å². The predicted molar refractivity (Wildman–Crippen MR) is 111 cm³/mol. The van der Waals surface area contributed by atoms with Crippen molar-refractivity contribution in [2.45, 2.75) is 19.8 Å². The highest BCUT2D eigenvalue weighted by Gasteiger charge is 2.19. The third-order valence-corrected chi connectivity index (χ3v) is 4.83. The van der Waals surface area contributed by atoms with Gasteiger partial charge in [-0.25, -0.2) is 0 Å². The van der Waals surface area contributed by atoms with Gasteiger partial charge < -0.3 is 14.8 Å². The summed E-state index contributed by atoms with van der Waals surface area (Å²) < 4.78 is 5.74. The molecule has 0 spiro atoms. The van der Waals surface area contributed by atoms with Crippen LogP contribution in [0.4, 0.5) is 11.4 Å². The highest BCUT2D eigenvalue weighted by Crippen LogP contribution is 2.36. The first-order chi connectivity index (χ1) is 13.7. The summed E-state index contributed by atoms with van der Waals surface area (Å²) in [7, 11) is 0. The molecule has 2 aromatic carbocycles. The van der Waals surface area contributed by atoms with Crippen LogP contribution in [-0.4, -0.2) is 15.9 Å². The zero-order valence-corrected chi connectivity index (χ0v) is 16.9. The number of non-ortho nitro benzene ring substituents is 1. The van der Waals surface area contributed by atoms with Crippen LogP contribution < -0.4 is 5.32 Å². The molecule has 7 nitrogen and oxygen atoms in total. The van der Waals surface area contributed by atoms with E-state index in [-0.39, 0.29) is 38.7 Å². The molecule has 9 heteroatoms. The molecule has 0 saturated heterocycles. The Morgan fingerprint density at radius 3 is 2.45 bits per heavy atom. The Hall–Kier alpha value is -3.03. The van der Waals surface area contributed by atoms with E-state index in [2.05, 4.69) is 5.32 Å². The summed E-state index contributed by atoms with van der Waals surface area (Å²) in [5, 5.41) is 23.8. The first kappa shape index (κ1) is 20.7. The molecule has 0 aliphatic heterocycles. The summed E-state index contributed by atoms with van der Waals surface area (Å²) in [6.45, 7) is 3.97. The van der Waals surface area contributed by atoms with Crippen molar-refractivity contribution in [2.75, 3.05) is 5.32 Å². The van der Waals surface area contributed by atoms with Crippen molar-refractivity contribution < 1.29 is 19.2 Å². The fourth-order valence-electron chi connectivity index (χ4n) is 2.65. The molecule has 1 amide bonds. The van der Waals surface area contributed by atoms with E-state index in [0.717, 1.165) is 11.8 Å². The molecule has 0 radical (unpaired) electrons. The molecule has 0 fully saturated rings. The van der Waals surface area contributed by atoms with Gasteiger partial charge in [0.15, 0.2) is 0 Å². The number of rotatable bonds is 5. The molecule has 2 N–H and O–H groups in total. The zero-order valence-electron chi connectivity index (χ0n) is 15.4. The normalized spacial score (nSPS) is 10.9. The lowest BCUT2D eigenvalue weighted by molar-refractivity contribution is -0.384. The smallest absolute Gasteiger partial charge is 0.271 e. The van der Waals surface area contributed by atoms with Crippen LogP contribution in [0.2, 0.25) is 10.0 Å².